The predicted octanol–water partition coefficient (Wildman–Crippen LogP) is 4.71. The van der Waals surface area contributed by atoms with Crippen LogP contribution in [0.4, 0.5) is 0 Å². The fraction of sp³-hybridized carbons (Fsp3) is 0.118. The van der Waals surface area contributed by atoms with E-state index in [1.54, 1.807) is 18.0 Å². The van der Waals surface area contributed by atoms with Crippen molar-refractivity contribution in [2.75, 3.05) is 5.75 Å². The van der Waals surface area contributed by atoms with Gasteiger partial charge >= 0.3 is 0 Å². The Morgan fingerprint density at radius 1 is 1.10 bits per heavy atom. The molecule has 0 aliphatic rings. The van der Waals surface area contributed by atoms with E-state index in [0.29, 0.717) is 10.8 Å². The second-order valence-electron chi connectivity index (χ2n) is 4.70. The van der Waals surface area contributed by atoms with Crippen molar-refractivity contribution in [3.8, 4) is 0 Å². The molecule has 21 heavy (non-hydrogen) atoms. The third-order valence-electron chi connectivity index (χ3n) is 3.22. The van der Waals surface area contributed by atoms with Crippen LogP contribution in [0.25, 0.3) is 10.8 Å². The summed E-state index contributed by atoms with van der Waals surface area (Å²) in [6.07, 6.45) is 1.13. The van der Waals surface area contributed by atoms with Gasteiger partial charge in [0.2, 0.25) is 0 Å². The van der Waals surface area contributed by atoms with Crippen molar-refractivity contribution in [1.82, 2.24) is 4.98 Å². The van der Waals surface area contributed by atoms with Crippen LogP contribution in [-0.4, -0.2) is 15.8 Å². The first-order valence-electron chi connectivity index (χ1n) is 6.64. The minimum absolute atomic E-state index is 0.543. The molecule has 0 saturated heterocycles. The Bertz CT molecular complexity index is 757. The third kappa shape index (κ3) is 3.38. The molecule has 1 aromatic heterocycles. The maximum absolute atomic E-state index is 10.4. The number of aliphatic hydroxyl groups excluding tert-OH is 1. The Hall–Kier alpha value is -1.55. The summed E-state index contributed by atoms with van der Waals surface area (Å²) in [5.41, 5.74) is 0.725. The second-order valence-corrected chi connectivity index (χ2v) is 6.23. The molecule has 2 aromatic carbocycles. The number of hydrogen-bond donors (Lipinski definition) is 1. The van der Waals surface area contributed by atoms with E-state index in [1.165, 1.54) is 0 Å². The molecule has 0 spiro atoms. The van der Waals surface area contributed by atoms with Crippen molar-refractivity contribution in [2.24, 2.45) is 0 Å². The van der Waals surface area contributed by atoms with Crippen molar-refractivity contribution < 1.29 is 5.11 Å². The molecule has 0 aliphatic heterocycles. The van der Waals surface area contributed by atoms with Gasteiger partial charge in [0.1, 0.15) is 6.10 Å². The Morgan fingerprint density at radius 3 is 2.81 bits per heavy atom. The van der Waals surface area contributed by atoms with E-state index in [9.17, 15) is 5.11 Å². The zero-order valence-electron chi connectivity index (χ0n) is 11.2. The van der Waals surface area contributed by atoms with E-state index >= 15 is 0 Å². The van der Waals surface area contributed by atoms with Gasteiger partial charge in [0.25, 0.3) is 0 Å². The molecular formula is C17H14ClNOS. The molecular weight excluding hydrogens is 302 g/mol. The van der Waals surface area contributed by atoms with Gasteiger partial charge in [0.15, 0.2) is 0 Å². The van der Waals surface area contributed by atoms with E-state index < -0.39 is 6.10 Å². The molecule has 3 rings (SSSR count). The summed E-state index contributed by atoms with van der Waals surface area (Å²) >= 11 is 7.54. The maximum atomic E-state index is 10.4. The van der Waals surface area contributed by atoms with Crippen molar-refractivity contribution >= 4 is 34.1 Å². The number of fused-ring (bicyclic) bond motifs is 1. The lowest BCUT2D eigenvalue weighted by Crippen LogP contribution is -2.04. The van der Waals surface area contributed by atoms with Gasteiger partial charge < -0.3 is 5.11 Å². The van der Waals surface area contributed by atoms with Gasteiger partial charge in [-0.15, -0.1) is 11.8 Å². The number of halogens is 1. The van der Waals surface area contributed by atoms with Crippen LogP contribution in [-0.2, 0) is 0 Å². The number of rotatable bonds is 4. The molecule has 1 atom stereocenters. The summed E-state index contributed by atoms with van der Waals surface area (Å²) in [4.78, 5) is 5.39. The van der Waals surface area contributed by atoms with Crippen LogP contribution in [0.3, 0.4) is 0 Å². The zero-order valence-corrected chi connectivity index (χ0v) is 12.8. The first-order chi connectivity index (χ1) is 10.2. The Balaban J connectivity index is 1.79. The van der Waals surface area contributed by atoms with E-state index in [4.69, 9.17) is 11.6 Å². The summed E-state index contributed by atoms with van der Waals surface area (Å²) in [7, 11) is 0. The summed E-state index contributed by atoms with van der Waals surface area (Å²) < 4.78 is 0. The van der Waals surface area contributed by atoms with Gasteiger partial charge in [-0.3, -0.25) is 4.98 Å². The molecule has 0 saturated carbocycles. The highest BCUT2D eigenvalue weighted by Gasteiger charge is 2.13. The number of benzene rings is 2. The summed E-state index contributed by atoms with van der Waals surface area (Å²) in [5, 5.41) is 13.2. The maximum Gasteiger partial charge on any atom is 0.106 e. The molecule has 2 nitrogen and oxygen atoms in total. The van der Waals surface area contributed by atoms with Gasteiger partial charge in [0.05, 0.1) is 5.69 Å². The Kier molecular flexibility index (Phi) is 4.44. The van der Waals surface area contributed by atoms with Crippen LogP contribution in [0.5, 0.6) is 0 Å². The molecule has 0 bridgehead atoms. The van der Waals surface area contributed by atoms with E-state index in [1.807, 2.05) is 54.6 Å². The molecule has 4 heteroatoms. The van der Waals surface area contributed by atoms with Gasteiger partial charge in [0, 0.05) is 27.3 Å². The van der Waals surface area contributed by atoms with Crippen molar-refractivity contribution in [2.45, 2.75) is 11.0 Å². The molecule has 1 N–H and O–H groups in total. The quantitative estimate of drug-likeness (QED) is 0.708. The number of nitrogens with zero attached hydrogens (tertiary/aromatic N) is 1. The van der Waals surface area contributed by atoms with Gasteiger partial charge in [-0.05, 0) is 29.7 Å². The number of aliphatic hydroxyl groups is 1. The minimum atomic E-state index is -0.611. The van der Waals surface area contributed by atoms with Crippen LogP contribution in [0.2, 0.25) is 5.02 Å². The van der Waals surface area contributed by atoms with Gasteiger partial charge in [-0.25, -0.2) is 0 Å². The zero-order chi connectivity index (χ0) is 14.7. The molecule has 1 heterocycles. The van der Waals surface area contributed by atoms with E-state index in [-0.39, 0.29) is 0 Å². The average molecular weight is 316 g/mol. The highest BCUT2D eigenvalue weighted by Crippen LogP contribution is 2.28. The summed E-state index contributed by atoms with van der Waals surface area (Å²) in [6, 6.07) is 17.6. The van der Waals surface area contributed by atoms with Crippen LogP contribution in [0.15, 0.2) is 65.7 Å². The third-order valence-corrected chi connectivity index (χ3v) is 4.53. The van der Waals surface area contributed by atoms with Gasteiger partial charge in [-0.1, -0.05) is 41.9 Å². The summed E-state index contributed by atoms with van der Waals surface area (Å²) in [6.45, 7) is 0. The molecule has 0 radical (unpaired) electrons. The molecule has 3 aromatic rings. The Labute approximate surface area is 132 Å². The van der Waals surface area contributed by atoms with E-state index in [0.717, 1.165) is 21.4 Å². The first kappa shape index (κ1) is 14.4. The highest BCUT2D eigenvalue weighted by molar-refractivity contribution is 7.99. The van der Waals surface area contributed by atoms with Crippen molar-refractivity contribution in [3.63, 3.8) is 0 Å². The lowest BCUT2D eigenvalue weighted by atomic mass is 10.1. The standard InChI is InChI=1S/C17H14ClNOS/c18-13-5-3-6-14(10-13)21-11-16(20)17-15-7-2-1-4-12(15)8-9-19-17/h1-10,16,20H,11H2. The first-order valence-corrected chi connectivity index (χ1v) is 8.00. The van der Waals surface area contributed by atoms with Crippen molar-refractivity contribution in [3.05, 3.63) is 71.5 Å². The minimum Gasteiger partial charge on any atom is -0.386 e. The lowest BCUT2D eigenvalue weighted by Gasteiger charge is -2.12. The van der Waals surface area contributed by atoms with Crippen molar-refractivity contribution in [1.29, 1.82) is 0 Å². The van der Waals surface area contributed by atoms with Crippen LogP contribution in [0, 0.1) is 0 Å². The fourth-order valence-electron chi connectivity index (χ4n) is 2.22. The molecule has 0 fully saturated rings. The number of pyridine rings is 1. The van der Waals surface area contributed by atoms with Crippen LogP contribution < -0.4 is 0 Å². The average Bonchev–Trinajstić information content (AvgIpc) is 2.52. The number of aromatic nitrogens is 1. The van der Waals surface area contributed by atoms with Crippen LogP contribution in [0.1, 0.15) is 11.8 Å². The molecule has 106 valence electrons. The molecule has 0 amide bonds. The Morgan fingerprint density at radius 2 is 1.95 bits per heavy atom. The lowest BCUT2D eigenvalue weighted by molar-refractivity contribution is 0.201. The monoisotopic (exact) mass is 315 g/mol. The smallest absolute Gasteiger partial charge is 0.106 e. The predicted molar refractivity (Wildman–Crippen MR) is 88.9 cm³/mol. The number of thioether (sulfide) groups is 1. The summed E-state index contributed by atoms with van der Waals surface area (Å²) in [5.74, 6) is 0.543. The van der Waals surface area contributed by atoms with Crippen LogP contribution >= 0.6 is 23.4 Å². The fourth-order valence-corrected chi connectivity index (χ4v) is 3.37. The second kappa shape index (κ2) is 6.48. The normalized spacial score (nSPS) is 12.5. The van der Waals surface area contributed by atoms with E-state index in [2.05, 4.69) is 4.98 Å². The number of hydrogen-bond acceptors (Lipinski definition) is 3. The van der Waals surface area contributed by atoms with Gasteiger partial charge in [-0.2, -0.15) is 0 Å². The molecule has 0 aliphatic carbocycles. The topological polar surface area (TPSA) is 33.1 Å². The largest absolute Gasteiger partial charge is 0.386 e. The SMILES string of the molecule is OC(CSc1cccc(Cl)c1)c1nccc2ccccc12. The molecule has 1 unspecified atom stereocenters. The highest BCUT2D eigenvalue weighted by atomic mass is 35.5.